The van der Waals surface area contributed by atoms with E-state index in [1.807, 2.05) is 34.6 Å². The molecular formula is C15H27NO4. The van der Waals surface area contributed by atoms with E-state index in [4.69, 9.17) is 14.2 Å². The molecule has 1 amide bonds. The van der Waals surface area contributed by atoms with Crippen LogP contribution in [0.3, 0.4) is 0 Å². The molecule has 0 aromatic carbocycles. The van der Waals surface area contributed by atoms with Gasteiger partial charge < -0.3 is 14.2 Å². The van der Waals surface area contributed by atoms with Crippen LogP contribution in [0, 0.1) is 0 Å². The number of hydrogen-bond donors (Lipinski definition) is 0. The van der Waals surface area contributed by atoms with Gasteiger partial charge in [0.15, 0.2) is 0 Å². The molecule has 5 heteroatoms. The fourth-order valence-corrected chi connectivity index (χ4v) is 2.35. The fraction of sp³-hybridized carbons (Fsp3) is 0.800. The Labute approximate surface area is 121 Å². The second-order valence-electron chi connectivity index (χ2n) is 6.47. The predicted octanol–water partition coefficient (Wildman–Crippen LogP) is 2.95. The summed E-state index contributed by atoms with van der Waals surface area (Å²) in [6.45, 7) is 13.4. The first-order valence-corrected chi connectivity index (χ1v) is 6.92. The van der Waals surface area contributed by atoms with E-state index in [-0.39, 0.29) is 18.2 Å². The lowest BCUT2D eigenvalue weighted by Gasteiger charge is -2.37. The lowest BCUT2D eigenvalue weighted by molar-refractivity contribution is -0.0695. The molecule has 0 aromatic heterocycles. The molecule has 1 heterocycles. The molecule has 1 unspecified atom stereocenters. The number of amides is 1. The van der Waals surface area contributed by atoms with Gasteiger partial charge >= 0.3 is 6.09 Å². The first-order chi connectivity index (χ1) is 9.12. The van der Waals surface area contributed by atoms with Gasteiger partial charge in [-0.1, -0.05) is 6.08 Å². The monoisotopic (exact) mass is 285 g/mol. The smallest absolute Gasteiger partial charge is 0.412 e. The normalized spacial score (nSPS) is 23.5. The van der Waals surface area contributed by atoms with Crippen LogP contribution >= 0.6 is 0 Å². The lowest BCUT2D eigenvalue weighted by atomic mass is 10.1. The van der Waals surface area contributed by atoms with Gasteiger partial charge in [-0.25, -0.2) is 4.79 Å². The molecule has 1 fully saturated rings. The van der Waals surface area contributed by atoms with Gasteiger partial charge in [0.25, 0.3) is 0 Å². The Balaban J connectivity index is 2.95. The Kier molecular flexibility index (Phi) is 5.21. The highest BCUT2D eigenvalue weighted by atomic mass is 16.6. The minimum atomic E-state index is -0.703. The van der Waals surface area contributed by atoms with Crippen molar-refractivity contribution in [3.8, 4) is 0 Å². The Morgan fingerprint density at radius 3 is 2.60 bits per heavy atom. The molecular weight excluding hydrogens is 258 g/mol. The molecule has 0 N–H and O–H groups in total. The third-order valence-corrected chi connectivity index (χ3v) is 3.24. The minimum absolute atomic E-state index is 0.151. The van der Waals surface area contributed by atoms with Crippen LogP contribution in [0.15, 0.2) is 12.7 Å². The van der Waals surface area contributed by atoms with Gasteiger partial charge in [0.1, 0.15) is 11.3 Å². The van der Waals surface area contributed by atoms with Gasteiger partial charge in [-0.05, 0) is 41.0 Å². The Morgan fingerprint density at radius 1 is 1.55 bits per heavy atom. The zero-order valence-electron chi connectivity index (χ0n) is 13.4. The molecule has 1 rings (SSSR count). The number of nitrogens with zero attached hydrogens (tertiary/aromatic N) is 1. The number of carbonyl (C=O) groups excluding carboxylic acids is 1. The Bertz CT molecular complexity index is 359. The van der Waals surface area contributed by atoms with Crippen molar-refractivity contribution in [2.45, 2.75) is 64.5 Å². The van der Waals surface area contributed by atoms with Crippen LogP contribution in [0.1, 0.15) is 41.0 Å². The molecule has 116 valence electrons. The van der Waals surface area contributed by atoms with Gasteiger partial charge in [0.2, 0.25) is 0 Å². The summed E-state index contributed by atoms with van der Waals surface area (Å²) in [6, 6.07) is -0.178. The van der Waals surface area contributed by atoms with Crippen molar-refractivity contribution in [1.29, 1.82) is 0 Å². The largest absolute Gasteiger partial charge is 0.444 e. The van der Waals surface area contributed by atoms with Crippen LogP contribution in [0.25, 0.3) is 0 Å². The molecule has 0 radical (unpaired) electrons. The van der Waals surface area contributed by atoms with Crippen LogP contribution in [-0.2, 0) is 14.2 Å². The first kappa shape index (κ1) is 17.0. The molecule has 1 aliphatic heterocycles. The Morgan fingerprint density at radius 2 is 2.15 bits per heavy atom. The molecule has 2 atom stereocenters. The van der Waals surface area contributed by atoms with Crippen LogP contribution in [0.4, 0.5) is 4.79 Å². The van der Waals surface area contributed by atoms with Gasteiger partial charge in [0.05, 0.1) is 18.8 Å². The zero-order valence-corrected chi connectivity index (χ0v) is 13.4. The molecule has 1 aliphatic rings. The van der Waals surface area contributed by atoms with Gasteiger partial charge in [-0.2, -0.15) is 0 Å². The summed E-state index contributed by atoms with van der Waals surface area (Å²) in [5.74, 6) is 0. The highest BCUT2D eigenvalue weighted by Crippen LogP contribution is 2.32. The van der Waals surface area contributed by atoms with Crippen LogP contribution in [-0.4, -0.2) is 48.2 Å². The number of carbonyl (C=O) groups is 1. The molecule has 0 bridgehead atoms. The summed E-state index contributed by atoms with van der Waals surface area (Å²) in [4.78, 5) is 14.1. The first-order valence-electron chi connectivity index (χ1n) is 6.92. The van der Waals surface area contributed by atoms with Crippen molar-refractivity contribution in [2.75, 3.05) is 13.7 Å². The maximum Gasteiger partial charge on any atom is 0.412 e. The molecule has 20 heavy (non-hydrogen) atoms. The highest BCUT2D eigenvalue weighted by Gasteiger charge is 2.48. The van der Waals surface area contributed by atoms with Crippen molar-refractivity contribution < 1.29 is 19.0 Å². The average Bonchev–Trinajstić information content (AvgIpc) is 2.59. The van der Waals surface area contributed by atoms with Crippen LogP contribution < -0.4 is 0 Å². The van der Waals surface area contributed by atoms with Crippen LogP contribution in [0.2, 0.25) is 0 Å². The van der Waals surface area contributed by atoms with Gasteiger partial charge in [-0.15, -0.1) is 6.58 Å². The number of rotatable bonds is 4. The quantitative estimate of drug-likeness (QED) is 0.745. The van der Waals surface area contributed by atoms with Crippen molar-refractivity contribution in [1.82, 2.24) is 4.90 Å². The molecule has 5 nitrogen and oxygen atoms in total. The summed E-state index contributed by atoms with van der Waals surface area (Å²) in [7, 11) is 1.63. The maximum atomic E-state index is 12.5. The van der Waals surface area contributed by atoms with E-state index >= 15 is 0 Å². The minimum Gasteiger partial charge on any atom is -0.444 e. The SMILES string of the molecule is C=CCC(OC)[C@@H]1COC(C)(C)N1C(=O)OC(C)(C)C. The van der Waals surface area contributed by atoms with Crippen molar-refractivity contribution >= 4 is 6.09 Å². The summed E-state index contributed by atoms with van der Waals surface area (Å²) < 4.78 is 16.7. The summed E-state index contributed by atoms with van der Waals surface area (Å²) in [5.41, 5.74) is -1.24. The lowest BCUT2D eigenvalue weighted by Crippen LogP contribution is -2.53. The predicted molar refractivity (Wildman–Crippen MR) is 77.5 cm³/mol. The average molecular weight is 285 g/mol. The van der Waals surface area contributed by atoms with Crippen molar-refractivity contribution in [3.05, 3.63) is 12.7 Å². The second kappa shape index (κ2) is 6.14. The van der Waals surface area contributed by atoms with Crippen molar-refractivity contribution in [2.24, 2.45) is 0 Å². The van der Waals surface area contributed by atoms with Gasteiger partial charge in [0, 0.05) is 7.11 Å². The summed E-state index contributed by atoms with van der Waals surface area (Å²) in [5, 5.41) is 0. The molecule has 0 aromatic rings. The number of hydrogen-bond acceptors (Lipinski definition) is 4. The molecule has 0 saturated carbocycles. The molecule has 0 aliphatic carbocycles. The van der Waals surface area contributed by atoms with E-state index in [2.05, 4.69) is 6.58 Å². The third kappa shape index (κ3) is 3.96. The second-order valence-corrected chi connectivity index (χ2v) is 6.47. The van der Waals surface area contributed by atoms with Crippen molar-refractivity contribution in [3.63, 3.8) is 0 Å². The van der Waals surface area contributed by atoms with E-state index in [0.717, 1.165) is 0 Å². The third-order valence-electron chi connectivity index (χ3n) is 3.24. The molecule has 1 saturated heterocycles. The van der Waals surface area contributed by atoms with Crippen LogP contribution in [0.5, 0.6) is 0 Å². The fourth-order valence-electron chi connectivity index (χ4n) is 2.35. The highest BCUT2D eigenvalue weighted by molar-refractivity contribution is 5.69. The van der Waals surface area contributed by atoms with E-state index in [9.17, 15) is 4.79 Å². The van der Waals surface area contributed by atoms with E-state index in [1.54, 1.807) is 18.1 Å². The zero-order chi connectivity index (χ0) is 15.6. The Hall–Kier alpha value is -1.07. The van der Waals surface area contributed by atoms with E-state index < -0.39 is 11.3 Å². The van der Waals surface area contributed by atoms with Gasteiger partial charge in [-0.3, -0.25) is 4.90 Å². The summed E-state index contributed by atoms with van der Waals surface area (Å²) in [6.07, 6.45) is 1.91. The standard InChI is InChI=1S/C15H27NO4/c1-8-9-12(18-7)11-10-19-15(5,6)16(11)13(17)20-14(2,3)4/h8,11-12H,1,9-10H2,2-7H3/t11-,12?/m0/s1. The summed E-state index contributed by atoms with van der Waals surface area (Å²) >= 11 is 0. The topological polar surface area (TPSA) is 48.0 Å². The van der Waals surface area contributed by atoms with E-state index in [1.165, 1.54) is 0 Å². The molecule has 0 spiro atoms. The maximum absolute atomic E-state index is 12.5. The number of ether oxygens (including phenoxy) is 3. The number of methoxy groups -OCH3 is 1. The van der Waals surface area contributed by atoms with E-state index in [0.29, 0.717) is 13.0 Å².